The second-order valence-electron chi connectivity index (χ2n) is 4.06. The van der Waals surface area contributed by atoms with Gasteiger partial charge in [0.2, 0.25) is 11.8 Å². The molecule has 2 amide bonds. The molecule has 92 valence electrons. The minimum atomic E-state index is -0.0843. The zero-order valence-electron chi connectivity index (χ0n) is 9.45. The molecule has 1 saturated heterocycles. The van der Waals surface area contributed by atoms with Gasteiger partial charge >= 0.3 is 0 Å². The molecule has 0 bridgehead atoms. The van der Waals surface area contributed by atoms with Crippen LogP contribution in [0, 0.1) is 0 Å². The van der Waals surface area contributed by atoms with E-state index >= 15 is 0 Å². The predicted molar refractivity (Wildman–Crippen MR) is 63.8 cm³/mol. The van der Waals surface area contributed by atoms with Gasteiger partial charge in [0, 0.05) is 25.2 Å². The third-order valence-electron chi connectivity index (χ3n) is 2.86. The standard InChI is InChI=1S/C10H16Cl2N2O2/c1-7-5-14(10(16)4-12)8(2)6-13(7)9(15)3-11/h7-8H,3-6H2,1-2H3. The summed E-state index contributed by atoms with van der Waals surface area (Å²) in [5.74, 6) is -0.195. The predicted octanol–water partition coefficient (Wildman–Crippen LogP) is 0.912. The van der Waals surface area contributed by atoms with E-state index < -0.39 is 0 Å². The van der Waals surface area contributed by atoms with Gasteiger partial charge in [0.25, 0.3) is 0 Å². The van der Waals surface area contributed by atoms with Crippen LogP contribution in [0.15, 0.2) is 0 Å². The van der Waals surface area contributed by atoms with Gasteiger partial charge in [-0.1, -0.05) is 0 Å². The summed E-state index contributed by atoms with van der Waals surface area (Å²) in [4.78, 5) is 26.5. The van der Waals surface area contributed by atoms with Gasteiger partial charge in [-0.2, -0.15) is 0 Å². The molecule has 0 spiro atoms. The van der Waals surface area contributed by atoms with Crippen LogP contribution in [0.2, 0.25) is 0 Å². The first-order valence-electron chi connectivity index (χ1n) is 5.22. The van der Waals surface area contributed by atoms with Crippen molar-refractivity contribution in [1.82, 2.24) is 9.80 Å². The third kappa shape index (κ3) is 2.80. The van der Waals surface area contributed by atoms with Crippen LogP contribution in [0.5, 0.6) is 0 Å². The maximum atomic E-state index is 11.5. The minimum absolute atomic E-state index is 0.00498. The number of rotatable bonds is 2. The van der Waals surface area contributed by atoms with E-state index in [0.29, 0.717) is 13.1 Å². The number of hydrogen-bond donors (Lipinski definition) is 0. The number of carbonyl (C=O) groups is 2. The molecule has 1 aliphatic heterocycles. The largest absolute Gasteiger partial charge is 0.335 e. The summed E-state index contributed by atoms with van der Waals surface area (Å²) in [7, 11) is 0. The molecule has 0 radical (unpaired) electrons. The van der Waals surface area contributed by atoms with E-state index in [1.54, 1.807) is 9.80 Å². The van der Waals surface area contributed by atoms with Crippen molar-refractivity contribution in [1.29, 1.82) is 0 Å². The van der Waals surface area contributed by atoms with E-state index in [-0.39, 0.29) is 35.7 Å². The molecule has 1 fully saturated rings. The highest BCUT2D eigenvalue weighted by molar-refractivity contribution is 6.27. The Morgan fingerprint density at radius 2 is 1.31 bits per heavy atom. The van der Waals surface area contributed by atoms with Gasteiger partial charge in [-0.15, -0.1) is 23.2 Å². The molecular weight excluding hydrogens is 251 g/mol. The molecule has 16 heavy (non-hydrogen) atoms. The molecule has 0 aromatic carbocycles. The highest BCUT2D eigenvalue weighted by Gasteiger charge is 2.33. The molecular formula is C10H16Cl2N2O2. The summed E-state index contributed by atoms with van der Waals surface area (Å²) in [6, 6.07) is -0.00997. The van der Waals surface area contributed by atoms with E-state index in [9.17, 15) is 9.59 Å². The van der Waals surface area contributed by atoms with Gasteiger partial charge in [0.15, 0.2) is 0 Å². The minimum Gasteiger partial charge on any atom is -0.335 e. The zero-order valence-corrected chi connectivity index (χ0v) is 11.0. The highest BCUT2D eigenvalue weighted by atomic mass is 35.5. The molecule has 6 heteroatoms. The fourth-order valence-corrected chi connectivity index (χ4v) is 2.28. The van der Waals surface area contributed by atoms with E-state index in [4.69, 9.17) is 23.2 Å². The molecule has 0 aliphatic carbocycles. The molecule has 4 nitrogen and oxygen atoms in total. The van der Waals surface area contributed by atoms with E-state index in [0.717, 1.165) is 0 Å². The maximum Gasteiger partial charge on any atom is 0.237 e. The summed E-state index contributed by atoms with van der Waals surface area (Å²) < 4.78 is 0. The zero-order chi connectivity index (χ0) is 12.3. The monoisotopic (exact) mass is 266 g/mol. The van der Waals surface area contributed by atoms with Gasteiger partial charge in [0.05, 0.1) is 0 Å². The average Bonchev–Trinajstić information content (AvgIpc) is 2.29. The first-order chi connectivity index (χ1) is 7.51. The number of nitrogens with zero attached hydrogens (tertiary/aromatic N) is 2. The van der Waals surface area contributed by atoms with Crippen molar-refractivity contribution in [3.8, 4) is 0 Å². The summed E-state index contributed by atoms with van der Waals surface area (Å²) in [5.41, 5.74) is 0. The lowest BCUT2D eigenvalue weighted by molar-refractivity contribution is -0.142. The topological polar surface area (TPSA) is 40.6 Å². The lowest BCUT2D eigenvalue weighted by atomic mass is 10.1. The highest BCUT2D eigenvalue weighted by Crippen LogP contribution is 2.16. The fourth-order valence-electron chi connectivity index (χ4n) is 1.98. The quantitative estimate of drug-likeness (QED) is 0.698. The van der Waals surface area contributed by atoms with Crippen molar-refractivity contribution in [3.63, 3.8) is 0 Å². The lowest BCUT2D eigenvalue weighted by Crippen LogP contribution is -2.60. The molecule has 1 heterocycles. The normalized spacial score (nSPS) is 25.8. The van der Waals surface area contributed by atoms with Crippen LogP contribution in [0.1, 0.15) is 13.8 Å². The lowest BCUT2D eigenvalue weighted by Gasteiger charge is -2.43. The van der Waals surface area contributed by atoms with Crippen LogP contribution in [0.4, 0.5) is 0 Å². The Morgan fingerprint density at radius 1 is 1.00 bits per heavy atom. The van der Waals surface area contributed by atoms with Crippen LogP contribution in [0.25, 0.3) is 0 Å². The van der Waals surface area contributed by atoms with Crippen molar-refractivity contribution >= 4 is 35.0 Å². The Balaban J connectivity index is 2.70. The number of carbonyl (C=O) groups excluding carboxylic acids is 2. The van der Waals surface area contributed by atoms with Crippen LogP contribution in [0.3, 0.4) is 0 Å². The van der Waals surface area contributed by atoms with Crippen molar-refractivity contribution in [3.05, 3.63) is 0 Å². The Hall–Kier alpha value is -0.480. The molecule has 0 N–H and O–H groups in total. The van der Waals surface area contributed by atoms with Crippen LogP contribution in [-0.4, -0.2) is 58.5 Å². The van der Waals surface area contributed by atoms with Gasteiger partial charge in [0.1, 0.15) is 11.8 Å². The second-order valence-corrected chi connectivity index (χ2v) is 4.59. The second kappa shape index (κ2) is 5.73. The summed E-state index contributed by atoms with van der Waals surface area (Å²) >= 11 is 11.1. The van der Waals surface area contributed by atoms with Crippen molar-refractivity contribution < 1.29 is 9.59 Å². The molecule has 1 aliphatic rings. The first kappa shape index (κ1) is 13.6. The van der Waals surface area contributed by atoms with Crippen molar-refractivity contribution in [2.45, 2.75) is 25.9 Å². The Morgan fingerprint density at radius 3 is 1.56 bits per heavy atom. The average molecular weight is 267 g/mol. The van der Waals surface area contributed by atoms with Crippen molar-refractivity contribution in [2.24, 2.45) is 0 Å². The third-order valence-corrected chi connectivity index (χ3v) is 3.31. The number of amides is 2. The molecule has 0 aromatic heterocycles. The van der Waals surface area contributed by atoms with Gasteiger partial charge in [-0.25, -0.2) is 0 Å². The molecule has 2 atom stereocenters. The number of hydrogen-bond acceptors (Lipinski definition) is 2. The number of piperazine rings is 1. The van der Waals surface area contributed by atoms with Gasteiger partial charge < -0.3 is 9.80 Å². The van der Waals surface area contributed by atoms with Crippen LogP contribution in [-0.2, 0) is 9.59 Å². The Labute approximate surface area is 105 Å². The van der Waals surface area contributed by atoms with E-state index in [1.165, 1.54) is 0 Å². The summed E-state index contributed by atoms with van der Waals surface area (Å²) in [5, 5.41) is 0. The van der Waals surface area contributed by atoms with E-state index in [2.05, 4.69) is 0 Å². The van der Waals surface area contributed by atoms with Gasteiger partial charge in [-0.05, 0) is 13.8 Å². The maximum absolute atomic E-state index is 11.5. The fraction of sp³-hybridized carbons (Fsp3) is 0.800. The first-order valence-corrected chi connectivity index (χ1v) is 6.29. The smallest absolute Gasteiger partial charge is 0.237 e. The summed E-state index contributed by atoms with van der Waals surface area (Å²) in [6.07, 6.45) is 0. The van der Waals surface area contributed by atoms with Crippen LogP contribution >= 0.6 is 23.2 Å². The molecule has 1 rings (SSSR count). The molecule has 0 aromatic rings. The SMILES string of the molecule is CC1CN(C(=O)CCl)C(C)CN1C(=O)CCl. The number of alkyl halides is 2. The van der Waals surface area contributed by atoms with Crippen LogP contribution < -0.4 is 0 Å². The van der Waals surface area contributed by atoms with Gasteiger partial charge in [-0.3, -0.25) is 9.59 Å². The summed E-state index contributed by atoms with van der Waals surface area (Å²) in [6.45, 7) is 4.86. The molecule has 2 unspecified atom stereocenters. The van der Waals surface area contributed by atoms with Crippen molar-refractivity contribution in [2.75, 3.05) is 24.8 Å². The number of halogens is 2. The van der Waals surface area contributed by atoms with E-state index in [1.807, 2.05) is 13.8 Å². The Bertz CT molecular complexity index is 258. The Kier molecular flexibility index (Phi) is 4.87. The molecule has 0 saturated carbocycles.